The van der Waals surface area contributed by atoms with Gasteiger partial charge in [0.1, 0.15) is 12.4 Å². The van der Waals surface area contributed by atoms with Gasteiger partial charge in [0, 0.05) is 11.1 Å². The van der Waals surface area contributed by atoms with E-state index in [9.17, 15) is 0 Å². The van der Waals surface area contributed by atoms with Gasteiger partial charge in [-0.25, -0.2) is 0 Å². The number of halogens is 1. The summed E-state index contributed by atoms with van der Waals surface area (Å²) >= 11 is 5.88. The minimum atomic E-state index is 0.383. The third-order valence-corrected chi connectivity index (χ3v) is 3.69. The zero-order valence-electron chi connectivity index (χ0n) is 12.6. The van der Waals surface area contributed by atoms with Crippen molar-refractivity contribution in [1.29, 1.82) is 0 Å². The standard InChI is InChI=1S/C18H22ClNO/c1-3-18(20-4-2)15-6-5-7-17(12-15)21-13-14-8-10-16(19)11-9-14/h5-12,18,20H,3-4,13H2,1-2H3. The van der Waals surface area contributed by atoms with E-state index in [2.05, 4.69) is 31.3 Å². The Morgan fingerprint density at radius 2 is 1.86 bits per heavy atom. The second kappa shape index (κ2) is 8.06. The molecule has 0 saturated heterocycles. The van der Waals surface area contributed by atoms with E-state index in [-0.39, 0.29) is 0 Å². The average molecular weight is 304 g/mol. The molecular weight excluding hydrogens is 282 g/mol. The topological polar surface area (TPSA) is 21.3 Å². The average Bonchev–Trinajstić information content (AvgIpc) is 2.52. The normalized spacial score (nSPS) is 12.1. The summed E-state index contributed by atoms with van der Waals surface area (Å²) in [5.74, 6) is 0.902. The highest BCUT2D eigenvalue weighted by Crippen LogP contribution is 2.22. The molecule has 1 N–H and O–H groups in total. The van der Waals surface area contributed by atoms with Crippen LogP contribution in [0.25, 0.3) is 0 Å². The van der Waals surface area contributed by atoms with Crippen molar-refractivity contribution in [2.75, 3.05) is 6.54 Å². The predicted molar refractivity (Wildman–Crippen MR) is 88.9 cm³/mol. The minimum absolute atomic E-state index is 0.383. The van der Waals surface area contributed by atoms with Crippen molar-refractivity contribution in [2.24, 2.45) is 0 Å². The van der Waals surface area contributed by atoms with Crippen molar-refractivity contribution in [3.63, 3.8) is 0 Å². The molecule has 0 aliphatic carbocycles. The molecule has 0 amide bonds. The minimum Gasteiger partial charge on any atom is -0.489 e. The van der Waals surface area contributed by atoms with Crippen molar-refractivity contribution in [1.82, 2.24) is 5.32 Å². The Morgan fingerprint density at radius 3 is 2.52 bits per heavy atom. The number of benzene rings is 2. The highest BCUT2D eigenvalue weighted by Gasteiger charge is 2.08. The predicted octanol–water partition coefficient (Wildman–Crippen LogP) is 4.98. The Hall–Kier alpha value is -1.51. The second-order valence-electron chi connectivity index (χ2n) is 5.01. The second-order valence-corrected chi connectivity index (χ2v) is 5.44. The molecule has 0 spiro atoms. The first-order valence-electron chi connectivity index (χ1n) is 7.43. The monoisotopic (exact) mass is 303 g/mol. The maximum absolute atomic E-state index is 5.88. The third-order valence-electron chi connectivity index (χ3n) is 3.44. The van der Waals surface area contributed by atoms with Crippen molar-refractivity contribution < 1.29 is 4.74 Å². The molecule has 0 heterocycles. The summed E-state index contributed by atoms with van der Waals surface area (Å²) in [6, 6.07) is 16.4. The van der Waals surface area contributed by atoms with E-state index < -0.39 is 0 Å². The molecule has 1 atom stereocenters. The van der Waals surface area contributed by atoms with Gasteiger partial charge in [0.25, 0.3) is 0 Å². The van der Waals surface area contributed by atoms with Gasteiger partial charge in [-0.2, -0.15) is 0 Å². The number of hydrogen-bond acceptors (Lipinski definition) is 2. The lowest BCUT2D eigenvalue weighted by molar-refractivity contribution is 0.305. The zero-order valence-corrected chi connectivity index (χ0v) is 13.4. The fraction of sp³-hybridized carbons (Fsp3) is 0.333. The first kappa shape index (κ1) is 15.9. The van der Waals surface area contributed by atoms with Gasteiger partial charge in [-0.05, 0) is 48.4 Å². The van der Waals surface area contributed by atoms with Gasteiger partial charge in [-0.15, -0.1) is 0 Å². The molecule has 3 heteroatoms. The lowest BCUT2D eigenvalue weighted by Gasteiger charge is -2.17. The van der Waals surface area contributed by atoms with Crippen LogP contribution in [0.1, 0.15) is 37.4 Å². The number of nitrogens with one attached hydrogen (secondary N) is 1. The summed E-state index contributed by atoms with van der Waals surface area (Å²) < 4.78 is 5.87. The van der Waals surface area contributed by atoms with Crippen LogP contribution in [0.4, 0.5) is 0 Å². The fourth-order valence-electron chi connectivity index (χ4n) is 2.31. The molecule has 2 aromatic rings. The van der Waals surface area contributed by atoms with Crippen LogP contribution in [0.3, 0.4) is 0 Å². The zero-order chi connectivity index (χ0) is 15.1. The lowest BCUT2D eigenvalue weighted by atomic mass is 10.0. The quantitative estimate of drug-likeness (QED) is 0.779. The highest BCUT2D eigenvalue weighted by molar-refractivity contribution is 6.30. The van der Waals surface area contributed by atoms with Crippen molar-refractivity contribution in [2.45, 2.75) is 32.9 Å². The summed E-state index contributed by atoms with van der Waals surface area (Å²) in [5, 5.41) is 4.23. The smallest absolute Gasteiger partial charge is 0.120 e. The number of hydrogen-bond donors (Lipinski definition) is 1. The Kier molecular flexibility index (Phi) is 6.09. The first-order chi connectivity index (χ1) is 10.2. The summed E-state index contributed by atoms with van der Waals surface area (Å²) in [4.78, 5) is 0. The maximum Gasteiger partial charge on any atom is 0.120 e. The van der Waals surface area contributed by atoms with Crippen molar-refractivity contribution >= 4 is 11.6 Å². The molecule has 0 saturated carbocycles. The van der Waals surface area contributed by atoms with Crippen LogP contribution in [0, 0.1) is 0 Å². The van der Waals surface area contributed by atoms with Crippen LogP contribution in [0.15, 0.2) is 48.5 Å². The molecule has 112 valence electrons. The van der Waals surface area contributed by atoms with E-state index in [1.165, 1.54) is 5.56 Å². The van der Waals surface area contributed by atoms with Gasteiger partial charge in [0.05, 0.1) is 0 Å². The highest BCUT2D eigenvalue weighted by atomic mass is 35.5. The molecule has 21 heavy (non-hydrogen) atoms. The van der Waals surface area contributed by atoms with Gasteiger partial charge in [-0.3, -0.25) is 0 Å². The van der Waals surface area contributed by atoms with Gasteiger partial charge in [0.15, 0.2) is 0 Å². The number of ether oxygens (including phenoxy) is 1. The van der Waals surface area contributed by atoms with Crippen LogP contribution < -0.4 is 10.1 Å². The van der Waals surface area contributed by atoms with Crippen LogP contribution in [-0.2, 0) is 6.61 Å². The van der Waals surface area contributed by atoms with Crippen LogP contribution >= 0.6 is 11.6 Å². The fourth-order valence-corrected chi connectivity index (χ4v) is 2.44. The maximum atomic E-state index is 5.88. The number of rotatable bonds is 7. The van der Waals surface area contributed by atoms with Gasteiger partial charge in [-0.1, -0.05) is 49.7 Å². The van der Waals surface area contributed by atoms with E-state index in [0.29, 0.717) is 12.6 Å². The SMILES string of the molecule is CCNC(CC)c1cccc(OCc2ccc(Cl)cc2)c1. The van der Waals surface area contributed by atoms with Gasteiger partial charge >= 0.3 is 0 Å². The largest absolute Gasteiger partial charge is 0.489 e. The molecule has 2 nitrogen and oxygen atoms in total. The van der Waals surface area contributed by atoms with E-state index in [4.69, 9.17) is 16.3 Å². The van der Waals surface area contributed by atoms with E-state index in [0.717, 1.165) is 29.3 Å². The lowest BCUT2D eigenvalue weighted by Crippen LogP contribution is -2.19. The van der Waals surface area contributed by atoms with Crippen molar-refractivity contribution in [3.05, 3.63) is 64.7 Å². The van der Waals surface area contributed by atoms with Crippen LogP contribution in [-0.4, -0.2) is 6.54 Å². The van der Waals surface area contributed by atoms with Gasteiger partial charge < -0.3 is 10.1 Å². The van der Waals surface area contributed by atoms with E-state index in [1.54, 1.807) is 0 Å². The van der Waals surface area contributed by atoms with E-state index in [1.807, 2.05) is 36.4 Å². The molecular formula is C18H22ClNO. The van der Waals surface area contributed by atoms with Crippen LogP contribution in [0.5, 0.6) is 5.75 Å². The first-order valence-corrected chi connectivity index (χ1v) is 7.81. The van der Waals surface area contributed by atoms with Gasteiger partial charge in [0.2, 0.25) is 0 Å². The molecule has 0 radical (unpaired) electrons. The molecule has 0 fully saturated rings. The molecule has 0 aliphatic heterocycles. The summed E-state index contributed by atoms with van der Waals surface area (Å²) in [5.41, 5.74) is 2.39. The Bertz CT molecular complexity index is 553. The molecule has 0 aliphatic rings. The Balaban J connectivity index is 2.02. The molecule has 0 aromatic heterocycles. The van der Waals surface area contributed by atoms with E-state index >= 15 is 0 Å². The molecule has 0 bridgehead atoms. The molecule has 2 rings (SSSR count). The third kappa shape index (κ3) is 4.76. The Morgan fingerprint density at radius 1 is 1.10 bits per heavy atom. The molecule has 1 unspecified atom stereocenters. The summed E-state index contributed by atoms with van der Waals surface area (Å²) in [6.45, 7) is 5.84. The Labute approximate surface area is 132 Å². The van der Waals surface area contributed by atoms with Crippen molar-refractivity contribution in [3.8, 4) is 5.75 Å². The van der Waals surface area contributed by atoms with Crippen LogP contribution in [0.2, 0.25) is 5.02 Å². The molecule has 2 aromatic carbocycles. The summed E-state index contributed by atoms with van der Waals surface area (Å²) in [6.07, 6.45) is 1.06. The summed E-state index contributed by atoms with van der Waals surface area (Å²) in [7, 11) is 0.